The number of urea groups is 1. The Balaban J connectivity index is 1.76. The molecule has 1 N–H and O–H groups in total. The number of hydrogen-bond acceptors (Lipinski definition) is 3. The molecule has 2 fully saturated rings. The summed E-state index contributed by atoms with van der Waals surface area (Å²) >= 11 is 0. The fourth-order valence-electron chi connectivity index (χ4n) is 3.81. The number of likely N-dealkylation sites (tertiary alicyclic amines) is 2. The summed E-state index contributed by atoms with van der Waals surface area (Å²) in [6.07, 6.45) is 1.92. The van der Waals surface area contributed by atoms with Crippen LogP contribution in [0.3, 0.4) is 0 Å². The molecule has 0 aromatic heterocycles. The molecule has 0 aliphatic carbocycles. The number of ether oxygens (including phenoxy) is 1. The van der Waals surface area contributed by atoms with E-state index in [0.29, 0.717) is 19.5 Å². The molecule has 0 bridgehead atoms. The topological polar surface area (TPSA) is 70.1 Å². The van der Waals surface area contributed by atoms with Crippen molar-refractivity contribution in [2.75, 3.05) is 26.2 Å². The van der Waals surface area contributed by atoms with Crippen LogP contribution < -0.4 is 0 Å². The molecule has 25 heavy (non-hydrogen) atoms. The van der Waals surface area contributed by atoms with Crippen LogP contribution in [0, 0.1) is 0 Å². The number of piperidine rings is 1. The SMILES string of the molecule is CCc1ccc(C2CC(OC(=O)O)CN(C(=O)N3CCCC3)C2)cc1. The molecule has 1 aromatic carbocycles. The second kappa shape index (κ2) is 7.76. The summed E-state index contributed by atoms with van der Waals surface area (Å²) < 4.78 is 5.04. The van der Waals surface area contributed by atoms with Gasteiger partial charge in [-0.25, -0.2) is 9.59 Å². The predicted octanol–water partition coefficient (Wildman–Crippen LogP) is 3.32. The highest BCUT2D eigenvalue weighted by Gasteiger charge is 2.35. The highest BCUT2D eigenvalue weighted by Crippen LogP contribution is 2.30. The van der Waals surface area contributed by atoms with E-state index in [9.17, 15) is 9.59 Å². The molecule has 2 aliphatic heterocycles. The van der Waals surface area contributed by atoms with E-state index in [-0.39, 0.29) is 11.9 Å². The molecular formula is C19H26N2O4. The zero-order valence-corrected chi connectivity index (χ0v) is 14.7. The number of carboxylic acid groups (broad SMARTS) is 1. The number of carbonyl (C=O) groups excluding carboxylic acids is 1. The molecule has 6 heteroatoms. The zero-order chi connectivity index (χ0) is 17.8. The average molecular weight is 346 g/mol. The largest absolute Gasteiger partial charge is 0.506 e. The number of nitrogens with zero attached hydrogens (tertiary/aromatic N) is 2. The maximum Gasteiger partial charge on any atom is 0.506 e. The van der Waals surface area contributed by atoms with Crippen LogP contribution in [-0.2, 0) is 11.2 Å². The lowest BCUT2D eigenvalue weighted by molar-refractivity contribution is 0.0126. The van der Waals surface area contributed by atoms with Crippen molar-refractivity contribution in [1.29, 1.82) is 0 Å². The van der Waals surface area contributed by atoms with Crippen LogP contribution in [0.2, 0.25) is 0 Å². The summed E-state index contributed by atoms with van der Waals surface area (Å²) in [6.45, 7) is 4.64. The highest BCUT2D eigenvalue weighted by molar-refractivity contribution is 5.75. The van der Waals surface area contributed by atoms with Gasteiger partial charge in [0.05, 0.1) is 6.54 Å². The first-order valence-corrected chi connectivity index (χ1v) is 9.09. The number of rotatable bonds is 3. The van der Waals surface area contributed by atoms with Crippen molar-refractivity contribution in [2.45, 2.75) is 44.6 Å². The summed E-state index contributed by atoms with van der Waals surface area (Å²) in [4.78, 5) is 27.4. The molecule has 0 spiro atoms. The van der Waals surface area contributed by atoms with E-state index in [1.165, 1.54) is 5.56 Å². The van der Waals surface area contributed by atoms with E-state index >= 15 is 0 Å². The van der Waals surface area contributed by atoms with Gasteiger partial charge in [-0.2, -0.15) is 0 Å². The predicted molar refractivity (Wildman–Crippen MR) is 93.9 cm³/mol. The third-order valence-corrected chi connectivity index (χ3v) is 5.19. The number of amides is 2. The Hall–Kier alpha value is -2.24. The van der Waals surface area contributed by atoms with Crippen LogP contribution in [0.1, 0.15) is 43.2 Å². The molecule has 2 saturated heterocycles. The van der Waals surface area contributed by atoms with Crippen molar-refractivity contribution >= 4 is 12.2 Å². The van der Waals surface area contributed by atoms with Crippen LogP contribution in [0.4, 0.5) is 9.59 Å². The van der Waals surface area contributed by atoms with E-state index in [1.54, 1.807) is 4.90 Å². The molecule has 2 amide bonds. The van der Waals surface area contributed by atoms with Gasteiger partial charge >= 0.3 is 12.2 Å². The first-order valence-electron chi connectivity index (χ1n) is 9.09. The lowest BCUT2D eigenvalue weighted by Gasteiger charge is -2.38. The second-order valence-electron chi connectivity index (χ2n) is 6.92. The minimum Gasteiger partial charge on any atom is -0.450 e. The molecule has 2 atom stereocenters. The summed E-state index contributed by atoms with van der Waals surface area (Å²) in [5.74, 6) is 0.0931. The average Bonchev–Trinajstić information content (AvgIpc) is 3.15. The molecule has 2 heterocycles. The van der Waals surface area contributed by atoms with Crippen LogP contribution in [0.5, 0.6) is 0 Å². The first kappa shape index (κ1) is 17.6. The van der Waals surface area contributed by atoms with E-state index in [1.807, 2.05) is 4.90 Å². The lowest BCUT2D eigenvalue weighted by atomic mass is 9.88. The standard InChI is InChI=1S/C19H26N2O4/c1-2-14-5-7-15(8-6-14)16-11-17(25-19(23)24)13-21(12-16)18(22)20-9-3-4-10-20/h5-8,16-17H,2-4,9-13H2,1H3,(H,23,24). The van der Waals surface area contributed by atoms with Crippen molar-refractivity contribution in [3.63, 3.8) is 0 Å². The number of aryl methyl sites for hydroxylation is 1. The smallest absolute Gasteiger partial charge is 0.450 e. The van der Waals surface area contributed by atoms with Gasteiger partial charge in [-0.15, -0.1) is 0 Å². The van der Waals surface area contributed by atoms with Crippen molar-refractivity contribution in [3.8, 4) is 0 Å². The monoisotopic (exact) mass is 346 g/mol. The van der Waals surface area contributed by atoms with Gasteiger partial charge in [0.15, 0.2) is 0 Å². The van der Waals surface area contributed by atoms with Gasteiger partial charge in [-0.05, 0) is 36.8 Å². The minimum atomic E-state index is -1.28. The molecule has 2 unspecified atom stereocenters. The van der Waals surface area contributed by atoms with E-state index in [0.717, 1.165) is 37.9 Å². The number of carbonyl (C=O) groups is 2. The molecule has 0 saturated carbocycles. The van der Waals surface area contributed by atoms with Crippen molar-refractivity contribution < 1.29 is 19.4 Å². The Morgan fingerprint density at radius 1 is 1.12 bits per heavy atom. The van der Waals surface area contributed by atoms with Gasteiger partial charge in [-0.3, -0.25) is 0 Å². The molecule has 6 nitrogen and oxygen atoms in total. The quantitative estimate of drug-likeness (QED) is 0.853. The summed E-state index contributed by atoms with van der Waals surface area (Å²) in [5.41, 5.74) is 2.40. The first-order chi connectivity index (χ1) is 12.1. The Labute approximate surface area is 148 Å². The van der Waals surface area contributed by atoms with Crippen LogP contribution in [0.15, 0.2) is 24.3 Å². The zero-order valence-electron chi connectivity index (χ0n) is 14.7. The van der Waals surface area contributed by atoms with Crippen molar-refractivity contribution in [2.24, 2.45) is 0 Å². The molecular weight excluding hydrogens is 320 g/mol. The Morgan fingerprint density at radius 3 is 2.40 bits per heavy atom. The van der Waals surface area contributed by atoms with Gasteiger partial charge in [0.2, 0.25) is 0 Å². The maximum absolute atomic E-state index is 12.8. The number of hydrogen-bond donors (Lipinski definition) is 1. The normalized spacial score (nSPS) is 23.6. The second-order valence-corrected chi connectivity index (χ2v) is 6.92. The lowest BCUT2D eigenvalue weighted by Crippen LogP contribution is -2.51. The Morgan fingerprint density at radius 2 is 1.80 bits per heavy atom. The summed E-state index contributed by atoms with van der Waals surface area (Å²) in [5, 5.41) is 8.99. The van der Waals surface area contributed by atoms with Crippen LogP contribution in [0.25, 0.3) is 0 Å². The van der Waals surface area contributed by atoms with Crippen molar-refractivity contribution in [1.82, 2.24) is 9.80 Å². The fraction of sp³-hybridized carbons (Fsp3) is 0.579. The van der Waals surface area contributed by atoms with Crippen LogP contribution >= 0.6 is 0 Å². The third-order valence-electron chi connectivity index (χ3n) is 5.19. The molecule has 2 aliphatic rings. The summed E-state index contributed by atoms with van der Waals surface area (Å²) in [7, 11) is 0. The van der Waals surface area contributed by atoms with Gasteiger partial charge in [0.25, 0.3) is 0 Å². The summed E-state index contributed by atoms with van der Waals surface area (Å²) in [6, 6.07) is 8.38. The molecule has 1 aromatic rings. The van der Waals surface area contributed by atoms with Gasteiger partial charge < -0.3 is 19.6 Å². The highest BCUT2D eigenvalue weighted by atomic mass is 16.7. The Bertz CT molecular complexity index is 610. The molecule has 0 radical (unpaired) electrons. The van der Waals surface area contributed by atoms with Crippen LogP contribution in [-0.4, -0.2) is 59.4 Å². The maximum atomic E-state index is 12.8. The van der Waals surface area contributed by atoms with Gasteiger partial charge in [0, 0.05) is 25.6 Å². The third kappa shape index (κ3) is 4.24. The van der Waals surface area contributed by atoms with Gasteiger partial charge in [-0.1, -0.05) is 31.2 Å². The minimum absolute atomic E-state index is 0.00590. The molecule has 136 valence electrons. The molecule has 3 rings (SSSR count). The van der Waals surface area contributed by atoms with Gasteiger partial charge in [0.1, 0.15) is 6.10 Å². The van der Waals surface area contributed by atoms with E-state index < -0.39 is 12.3 Å². The fourth-order valence-corrected chi connectivity index (χ4v) is 3.81. The Kier molecular flexibility index (Phi) is 5.46. The number of benzene rings is 1. The van der Waals surface area contributed by atoms with Crippen molar-refractivity contribution in [3.05, 3.63) is 35.4 Å². The van der Waals surface area contributed by atoms with E-state index in [4.69, 9.17) is 9.84 Å². The van der Waals surface area contributed by atoms with E-state index in [2.05, 4.69) is 31.2 Å².